The minimum atomic E-state index is -4.21. The zero-order chi connectivity index (χ0) is 19.7. The maximum Gasteiger partial charge on any atom is 0.339 e. The van der Waals surface area contributed by atoms with Crippen molar-refractivity contribution in [3.63, 3.8) is 0 Å². The van der Waals surface area contributed by atoms with Crippen LogP contribution in [0.1, 0.15) is 0 Å². The predicted molar refractivity (Wildman–Crippen MR) is 106 cm³/mol. The van der Waals surface area contributed by atoms with Gasteiger partial charge in [0.05, 0.1) is 9.79 Å². The van der Waals surface area contributed by atoms with Gasteiger partial charge in [-0.15, -0.1) is 9.24 Å². The number of nitrogens with two attached hydrogens (primary N) is 1. The normalized spacial score (nSPS) is 11.9. The van der Waals surface area contributed by atoms with E-state index >= 15 is 0 Å². The first-order chi connectivity index (χ1) is 12.7. The summed E-state index contributed by atoms with van der Waals surface area (Å²) in [5, 5.41) is 0.835. The van der Waals surface area contributed by atoms with Gasteiger partial charge in [-0.25, -0.2) is 8.42 Å². The number of anilines is 1. The average Bonchev–Trinajstić information content (AvgIpc) is 2.64. The summed E-state index contributed by atoms with van der Waals surface area (Å²) >= 11 is 0. The molecular formula is C18H16NO5PS2. The summed E-state index contributed by atoms with van der Waals surface area (Å²) in [5.41, 5.74) is 6.02. The summed E-state index contributed by atoms with van der Waals surface area (Å²) in [6, 6.07) is 17.1. The summed E-state index contributed by atoms with van der Waals surface area (Å²) in [5.74, 6) is 0.0773. The summed E-state index contributed by atoms with van der Waals surface area (Å²) in [7, 11) is -5.60. The molecule has 27 heavy (non-hydrogen) atoms. The molecule has 0 radical (unpaired) electrons. The van der Waals surface area contributed by atoms with Crippen molar-refractivity contribution in [3.05, 3.63) is 72.8 Å². The molecule has 0 aliphatic rings. The van der Waals surface area contributed by atoms with Crippen molar-refractivity contribution in [2.24, 2.45) is 0 Å². The number of nitrogen functional groups attached to an aromatic ring is 1. The van der Waals surface area contributed by atoms with E-state index in [-0.39, 0.29) is 20.4 Å². The minimum Gasteiger partial charge on any atom is -0.399 e. The van der Waals surface area contributed by atoms with Crippen molar-refractivity contribution in [3.8, 4) is 5.75 Å². The fraction of sp³-hybridized carbons (Fsp3) is 0. The number of hydrogen-bond acceptors (Lipinski definition) is 6. The zero-order valence-corrected chi connectivity index (χ0v) is 16.7. The molecule has 0 spiro atoms. The molecule has 0 amide bonds. The summed E-state index contributed by atoms with van der Waals surface area (Å²) < 4.78 is 55.6. The van der Waals surface area contributed by atoms with Gasteiger partial charge in [0, 0.05) is 5.69 Å². The molecule has 0 heterocycles. The highest BCUT2D eigenvalue weighted by Crippen LogP contribution is 2.25. The fourth-order valence-electron chi connectivity index (χ4n) is 2.28. The van der Waals surface area contributed by atoms with Crippen LogP contribution >= 0.6 is 9.24 Å². The smallest absolute Gasteiger partial charge is 0.339 e. The number of hydrogen-bond donors (Lipinski definition) is 1. The molecule has 0 bridgehead atoms. The first kappa shape index (κ1) is 19.4. The molecule has 2 N–H and O–H groups in total. The molecule has 3 aromatic carbocycles. The van der Waals surface area contributed by atoms with Crippen LogP contribution in [0.3, 0.4) is 0 Å². The minimum absolute atomic E-state index is 0.0719. The Morgan fingerprint density at radius 3 is 1.96 bits per heavy atom. The van der Waals surface area contributed by atoms with Crippen LogP contribution in [-0.4, -0.2) is 16.8 Å². The molecule has 0 saturated heterocycles. The second kappa shape index (κ2) is 7.31. The van der Waals surface area contributed by atoms with E-state index in [0.717, 1.165) is 11.4 Å². The monoisotopic (exact) mass is 421 g/mol. The van der Waals surface area contributed by atoms with Crippen LogP contribution in [0.15, 0.2) is 87.5 Å². The Balaban J connectivity index is 1.97. The van der Waals surface area contributed by atoms with E-state index in [2.05, 4.69) is 9.24 Å². The third-order valence-corrected chi connectivity index (χ3v) is 7.08. The van der Waals surface area contributed by atoms with Crippen LogP contribution in [0.4, 0.5) is 5.69 Å². The fourth-order valence-corrected chi connectivity index (χ4v) is 4.83. The van der Waals surface area contributed by atoms with Crippen molar-refractivity contribution in [1.82, 2.24) is 0 Å². The van der Waals surface area contributed by atoms with E-state index in [1.807, 2.05) is 0 Å². The number of rotatable bonds is 5. The van der Waals surface area contributed by atoms with E-state index < -0.39 is 20.0 Å². The molecule has 9 heteroatoms. The molecule has 0 fully saturated rings. The summed E-state index contributed by atoms with van der Waals surface area (Å²) in [6.45, 7) is 0. The third kappa shape index (κ3) is 4.30. The zero-order valence-electron chi connectivity index (χ0n) is 13.9. The Hall–Kier alpha value is -2.41. The van der Waals surface area contributed by atoms with Gasteiger partial charge >= 0.3 is 10.1 Å². The maximum absolute atomic E-state index is 12.8. The Morgan fingerprint density at radius 2 is 1.33 bits per heavy atom. The first-order valence-corrected chi connectivity index (χ1v) is 11.2. The molecule has 3 rings (SSSR count). The largest absolute Gasteiger partial charge is 0.399 e. The van der Waals surface area contributed by atoms with Crippen LogP contribution in [0.5, 0.6) is 5.75 Å². The van der Waals surface area contributed by atoms with E-state index in [9.17, 15) is 16.8 Å². The lowest BCUT2D eigenvalue weighted by Crippen LogP contribution is -2.11. The molecule has 0 aliphatic carbocycles. The molecule has 0 aromatic heterocycles. The van der Waals surface area contributed by atoms with E-state index in [4.69, 9.17) is 9.92 Å². The molecule has 1 atom stereocenters. The molecule has 0 aliphatic heterocycles. The van der Waals surface area contributed by atoms with Crippen LogP contribution in [0.2, 0.25) is 0 Å². The number of sulfone groups is 1. The second-order valence-corrected chi connectivity index (χ2v) is 9.82. The van der Waals surface area contributed by atoms with Crippen LogP contribution in [-0.2, 0) is 20.0 Å². The Kier molecular flexibility index (Phi) is 5.24. The Morgan fingerprint density at radius 1 is 0.741 bits per heavy atom. The highest BCUT2D eigenvalue weighted by atomic mass is 32.2. The quantitative estimate of drug-likeness (QED) is 0.385. The Bertz CT molecular complexity index is 1170. The lowest BCUT2D eigenvalue weighted by molar-refractivity contribution is 0.486. The van der Waals surface area contributed by atoms with Crippen LogP contribution in [0.25, 0.3) is 0 Å². The van der Waals surface area contributed by atoms with Gasteiger partial charge in [0.2, 0.25) is 9.84 Å². The topological polar surface area (TPSA) is 104 Å². The standard InChI is InChI=1S/C18H16NO5PS2/c19-13-4-6-14(7-5-13)24-27(22,23)18-3-1-2-17(12-18)26(20,21)16-10-8-15(25)9-11-16/h1-12H,19,25H2. The van der Waals surface area contributed by atoms with Crippen molar-refractivity contribution < 1.29 is 21.0 Å². The molecule has 6 nitrogen and oxygen atoms in total. The lowest BCUT2D eigenvalue weighted by atomic mass is 10.3. The van der Waals surface area contributed by atoms with Gasteiger partial charge in [0.15, 0.2) is 0 Å². The van der Waals surface area contributed by atoms with Gasteiger partial charge in [0.25, 0.3) is 0 Å². The second-order valence-electron chi connectivity index (χ2n) is 5.65. The van der Waals surface area contributed by atoms with Gasteiger partial charge in [0.1, 0.15) is 10.6 Å². The van der Waals surface area contributed by atoms with E-state index in [1.165, 1.54) is 54.6 Å². The summed E-state index contributed by atoms with van der Waals surface area (Å²) in [6.07, 6.45) is 0. The molecular weight excluding hydrogens is 405 g/mol. The molecule has 3 aromatic rings. The van der Waals surface area contributed by atoms with E-state index in [0.29, 0.717) is 5.69 Å². The highest BCUT2D eigenvalue weighted by molar-refractivity contribution is 7.91. The van der Waals surface area contributed by atoms with Crippen molar-refractivity contribution in [2.45, 2.75) is 14.7 Å². The van der Waals surface area contributed by atoms with Crippen molar-refractivity contribution >= 4 is 40.2 Å². The van der Waals surface area contributed by atoms with Gasteiger partial charge in [-0.3, -0.25) is 0 Å². The van der Waals surface area contributed by atoms with Crippen LogP contribution < -0.4 is 15.2 Å². The maximum atomic E-state index is 12.8. The highest BCUT2D eigenvalue weighted by Gasteiger charge is 2.22. The first-order valence-electron chi connectivity index (χ1n) is 7.69. The SMILES string of the molecule is Nc1ccc(OS(=O)(=O)c2cccc(S(=O)(=O)c3ccc(P)cc3)c2)cc1. The number of benzene rings is 3. The van der Waals surface area contributed by atoms with Crippen LogP contribution in [0, 0.1) is 0 Å². The van der Waals surface area contributed by atoms with Gasteiger partial charge < -0.3 is 9.92 Å². The van der Waals surface area contributed by atoms with E-state index in [1.54, 1.807) is 12.1 Å². The summed E-state index contributed by atoms with van der Waals surface area (Å²) in [4.78, 5) is -0.327. The van der Waals surface area contributed by atoms with Gasteiger partial charge in [-0.2, -0.15) is 8.42 Å². The lowest BCUT2D eigenvalue weighted by Gasteiger charge is -2.09. The third-order valence-electron chi connectivity index (χ3n) is 3.68. The van der Waals surface area contributed by atoms with Crippen molar-refractivity contribution in [1.29, 1.82) is 0 Å². The molecule has 140 valence electrons. The molecule has 0 saturated carbocycles. The average molecular weight is 421 g/mol. The van der Waals surface area contributed by atoms with Gasteiger partial charge in [-0.1, -0.05) is 18.2 Å². The van der Waals surface area contributed by atoms with Crippen molar-refractivity contribution in [2.75, 3.05) is 5.73 Å². The van der Waals surface area contributed by atoms with Gasteiger partial charge in [-0.05, 0) is 59.9 Å². The predicted octanol–water partition coefficient (Wildman–Crippen LogP) is 2.37. The Labute approximate surface area is 160 Å². The molecule has 1 unspecified atom stereocenters.